The normalized spacial score (nSPS) is 12.7. The van der Waals surface area contributed by atoms with E-state index in [0.29, 0.717) is 6.20 Å². The number of nitrogens with one attached hydrogen (secondary N) is 2. The second kappa shape index (κ2) is 5.58. The van der Waals surface area contributed by atoms with Gasteiger partial charge in [0.2, 0.25) is 5.82 Å². The lowest BCUT2D eigenvalue weighted by atomic mass is 10.2. The molecule has 1 aromatic heterocycles. The molecule has 18 heavy (non-hydrogen) atoms. The van der Waals surface area contributed by atoms with Crippen LogP contribution in [-0.4, -0.2) is 32.7 Å². The van der Waals surface area contributed by atoms with Crippen molar-refractivity contribution in [3.05, 3.63) is 32.9 Å². The summed E-state index contributed by atoms with van der Waals surface area (Å²) in [5.74, 6) is -2.30. The maximum Gasteiger partial charge on any atom is 0.328 e. The standard InChI is InChI=1S/C10H14FN3O4/c1-5(2)12-7(9(16)17)4-14-3-6(11)8(15)13-10(14)18/h3,5,7,12H,4H2,1-2H3,(H,16,17)(H,13,15,18)/t7-/m0/s1. The number of halogens is 1. The number of aromatic nitrogens is 2. The van der Waals surface area contributed by atoms with Crippen molar-refractivity contribution in [2.24, 2.45) is 0 Å². The van der Waals surface area contributed by atoms with Crippen molar-refractivity contribution in [2.75, 3.05) is 0 Å². The number of nitrogens with zero attached hydrogens (tertiary/aromatic N) is 1. The van der Waals surface area contributed by atoms with Crippen LogP contribution in [0, 0.1) is 5.82 Å². The summed E-state index contributed by atoms with van der Waals surface area (Å²) >= 11 is 0. The largest absolute Gasteiger partial charge is 0.480 e. The highest BCUT2D eigenvalue weighted by Gasteiger charge is 2.19. The van der Waals surface area contributed by atoms with Gasteiger partial charge >= 0.3 is 11.7 Å². The zero-order valence-electron chi connectivity index (χ0n) is 9.94. The van der Waals surface area contributed by atoms with Gasteiger partial charge in [-0.3, -0.25) is 19.1 Å². The molecule has 7 nitrogen and oxygen atoms in total. The van der Waals surface area contributed by atoms with E-state index >= 15 is 0 Å². The monoisotopic (exact) mass is 259 g/mol. The minimum Gasteiger partial charge on any atom is -0.480 e. The van der Waals surface area contributed by atoms with E-state index in [1.807, 2.05) is 0 Å². The predicted octanol–water partition coefficient (Wildman–Crippen LogP) is -0.873. The van der Waals surface area contributed by atoms with Crippen LogP contribution in [0.1, 0.15) is 13.8 Å². The van der Waals surface area contributed by atoms with Crippen molar-refractivity contribution in [1.29, 1.82) is 0 Å². The van der Waals surface area contributed by atoms with Crippen LogP contribution in [0.4, 0.5) is 4.39 Å². The molecule has 0 radical (unpaired) electrons. The van der Waals surface area contributed by atoms with Crippen molar-refractivity contribution in [3.63, 3.8) is 0 Å². The molecule has 8 heteroatoms. The van der Waals surface area contributed by atoms with Gasteiger partial charge in [-0.15, -0.1) is 0 Å². The van der Waals surface area contributed by atoms with E-state index in [1.54, 1.807) is 18.8 Å². The molecule has 0 unspecified atom stereocenters. The molecule has 0 amide bonds. The number of hydrogen-bond donors (Lipinski definition) is 3. The van der Waals surface area contributed by atoms with E-state index in [0.717, 1.165) is 4.57 Å². The average Bonchev–Trinajstić information content (AvgIpc) is 2.23. The first-order valence-electron chi connectivity index (χ1n) is 5.29. The highest BCUT2D eigenvalue weighted by Crippen LogP contribution is 1.93. The summed E-state index contributed by atoms with van der Waals surface area (Å²) in [6, 6.07) is -1.16. The lowest BCUT2D eigenvalue weighted by Crippen LogP contribution is -2.46. The second-order valence-electron chi connectivity index (χ2n) is 4.10. The fourth-order valence-corrected chi connectivity index (χ4v) is 1.42. The Bertz CT molecular complexity index is 549. The zero-order valence-corrected chi connectivity index (χ0v) is 9.94. The van der Waals surface area contributed by atoms with E-state index in [1.165, 1.54) is 0 Å². The number of carbonyl (C=O) groups is 1. The first-order valence-corrected chi connectivity index (χ1v) is 5.29. The molecule has 0 fully saturated rings. The van der Waals surface area contributed by atoms with Gasteiger partial charge in [-0.25, -0.2) is 4.79 Å². The number of rotatable bonds is 5. The smallest absolute Gasteiger partial charge is 0.328 e. The summed E-state index contributed by atoms with van der Waals surface area (Å²) in [7, 11) is 0. The summed E-state index contributed by atoms with van der Waals surface area (Å²) < 4.78 is 13.8. The van der Waals surface area contributed by atoms with E-state index in [2.05, 4.69) is 5.32 Å². The number of aromatic amines is 1. The molecule has 0 saturated heterocycles. The molecule has 0 aromatic carbocycles. The van der Waals surface area contributed by atoms with Crippen molar-refractivity contribution >= 4 is 5.97 Å². The van der Waals surface area contributed by atoms with Crippen LogP contribution in [0.5, 0.6) is 0 Å². The van der Waals surface area contributed by atoms with Crippen molar-refractivity contribution in [1.82, 2.24) is 14.9 Å². The quantitative estimate of drug-likeness (QED) is 0.637. The highest BCUT2D eigenvalue weighted by atomic mass is 19.1. The van der Waals surface area contributed by atoms with Gasteiger partial charge in [0.1, 0.15) is 6.04 Å². The molecule has 3 N–H and O–H groups in total. The summed E-state index contributed by atoms with van der Waals surface area (Å²) in [4.78, 5) is 34.9. The number of carboxylic acids is 1. The molecule has 0 aliphatic rings. The molecule has 1 atom stereocenters. The van der Waals surface area contributed by atoms with Gasteiger partial charge < -0.3 is 10.4 Å². The summed E-state index contributed by atoms with van der Waals surface area (Å²) in [6.45, 7) is 3.21. The van der Waals surface area contributed by atoms with E-state index in [9.17, 15) is 18.8 Å². The third-order valence-electron chi connectivity index (χ3n) is 2.18. The fourth-order valence-electron chi connectivity index (χ4n) is 1.42. The van der Waals surface area contributed by atoms with Gasteiger partial charge in [0.05, 0.1) is 12.7 Å². The highest BCUT2D eigenvalue weighted by molar-refractivity contribution is 5.73. The Labute approximate surface area is 101 Å². The van der Waals surface area contributed by atoms with Gasteiger partial charge in [-0.2, -0.15) is 4.39 Å². The maximum absolute atomic E-state index is 13.0. The van der Waals surface area contributed by atoms with Gasteiger partial charge in [0.15, 0.2) is 0 Å². The predicted molar refractivity (Wildman–Crippen MR) is 61.0 cm³/mol. The first kappa shape index (κ1) is 14.1. The molecule has 1 heterocycles. The summed E-state index contributed by atoms with van der Waals surface area (Å²) in [5, 5.41) is 11.7. The fraction of sp³-hybridized carbons (Fsp3) is 0.500. The minimum atomic E-state index is -1.16. The Hall–Kier alpha value is -1.96. The summed E-state index contributed by atoms with van der Waals surface area (Å²) in [6.07, 6.45) is 0.694. The molecule has 1 aromatic rings. The summed E-state index contributed by atoms with van der Waals surface area (Å²) in [5.41, 5.74) is -1.97. The van der Waals surface area contributed by atoms with Gasteiger partial charge in [0.25, 0.3) is 5.56 Å². The molecule has 0 spiro atoms. The Morgan fingerprint density at radius 2 is 2.17 bits per heavy atom. The molecule has 1 rings (SSSR count). The van der Waals surface area contributed by atoms with Crippen molar-refractivity contribution < 1.29 is 14.3 Å². The van der Waals surface area contributed by atoms with Crippen LogP contribution < -0.4 is 16.6 Å². The Morgan fingerprint density at radius 3 is 2.67 bits per heavy atom. The number of carboxylic acid groups (broad SMARTS) is 1. The van der Waals surface area contributed by atoms with Gasteiger partial charge in [-0.1, -0.05) is 13.8 Å². The minimum absolute atomic E-state index is 0.116. The Kier molecular flexibility index (Phi) is 4.38. The molecular formula is C10H14FN3O4. The van der Waals surface area contributed by atoms with Crippen LogP contribution in [-0.2, 0) is 11.3 Å². The molecular weight excluding hydrogens is 245 g/mol. The lowest BCUT2D eigenvalue weighted by molar-refractivity contribution is -0.140. The van der Waals surface area contributed by atoms with Crippen LogP contribution >= 0.6 is 0 Å². The topological polar surface area (TPSA) is 104 Å². The third-order valence-corrected chi connectivity index (χ3v) is 2.18. The Morgan fingerprint density at radius 1 is 1.56 bits per heavy atom. The lowest BCUT2D eigenvalue weighted by Gasteiger charge is -2.17. The van der Waals surface area contributed by atoms with Crippen LogP contribution in [0.2, 0.25) is 0 Å². The Balaban J connectivity index is 3.01. The number of aliphatic carboxylic acids is 1. The van der Waals surface area contributed by atoms with Crippen molar-refractivity contribution in [2.45, 2.75) is 32.5 Å². The SMILES string of the molecule is CC(C)N[C@@H](Cn1cc(F)c(=O)[nH]c1=O)C(=O)O. The molecule has 0 aliphatic heterocycles. The average molecular weight is 259 g/mol. The van der Waals surface area contributed by atoms with Crippen LogP contribution in [0.3, 0.4) is 0 Å². The molecule has 0 saturated carbocycles. The number of H-pyrrole nitrogens is 1. The second-order valence-corrected chi connectivity index (χ2v) is 4.10. The van der Waals surface area contributed by atoms with E-state index in [-0.39, 0.29) is 12.6 Å². The molecule has 0 aliphatic carbocycles. The molecule has 100 valence electrons. The maximum atomic E-state index is 13.0. The zero-order chi connectivity index (χ0) is 13.9. The van der Waals surface area contributed by atoms with Crippen LogP contribution in [0.15, 0.2) is 15.8 Å². The van der Waals surface area contributed by atoms with E-state index in [4.69, 9.17) is 5.11 Å². The first-order chi connectivity index (χ1) is 8.31. The van der Waals surface area contributed by atoms with Gasteiger partial charge in [-0.05, 0) is 0 Å². The van der Waals surface area contributed by atoms with E-state index < -0.39 is 29.1 Å². The molecule has 0 bridgehead atoms. The third kappa shape index (κ3) is 3.52. The van der Waals surface area contributed by atoms with Gasteiger partial charge in [0, 0.05) is 6.04 Å². The number of hydrogen-bond acceptors (Lipinski definition) is 4. The van der Waals surface area contributed by atoms with Crippen LogP contribution in [0.25, 0.3) is 0 Å². The van der Waals surface area contributed by atoms with Crippen molar-refractivity contribution in [3.8, 4) is 0 Å².